The van der Waals surface area contributed by atoms with Crippen LogP contribution in [0.3, 0.4) is 0 Å². The number of hydrogen-bond acceptors (Lipinski definition) is 4. The van der Waals surface area contributed by atoms with Crippen molar-refractivity contribution < 1.29 is 4.74 Å². The Morgan fingerprint density at radius 3 is 2.78 bits per heavy atom. The van der Waals surface area contributed by atoms with Gasteiger partial charge in [-0.2, -0.15) is 0 Å². The van der Waals surface area contributed by atoms with E-state index in [-0.39, 0.29) is 0 Å². The Hall–Kier alpha value is -1.03. The van der Waals surface area contributed by atoms with Gasteiger partial charge in [0, 0.05) is 18.0 Å². The van der Waals surface area contributed by atoms with Crippen LogP contribution in [-0.2, 0) is 0 Å². The quantitative estimate of drug-likeness (QED) is 0.737. The highest BCUT2D eigenvalue weighted by Gasteiger charge is 2.13. The molecule has 4 nitrogen and oxygen atoms in total. The topological polar surface area (TPSA) is 47.0 Å². The molecule has 1 unspecified atom stereocenters. The molecular weight excluding hydrogens is 250 g/mol. The summed E-state index contributed by atoms with van der Waals surface area (Å²) >= 11 is 5.81. The molecule has 0 saturated carbocycles. The van der Waals surface area contributed by atoms with E-state index in [0.29, 0.717) is 30.3 Å². The van der Waals surface area contributed by atoms with E-state index >= 15 is 0 Å². The first-order valence-electron chi connectivity index (χ1n) is 6.44. The molecular formula is C13H22ClN3O. The number of alkyl halides is 1. The molecule has 1 atom stereocenters. The number of aromatic nitrogens is 2. The van der Waals surface area contributed by atoms with Gasteiger partial charge in [-0.25, -0.2) is 9.97 Å². The highest BCUT2D eigenvalue weighted by atomic mass is 35.5. The zero-order valence-electron chi connectivity index (χ0n) is 11.3. The molecule has 0 saturated heterocycles. The maximum atomic E-state index is 5.81. The Labute approximate surface area is 114 Å². The normalized spacial score (nSPS) is 12.5. The standard InChI is InChI=1S/C13H22ClN3O/c1-4-7-18-13-8-12(15-9-16-13)17-11(5-6-14)10(2)3/h8-11H,4-7H2,1-3H3,(H,15,16,17). The van der Waals surface area contributed by atoms with E-state index in [1.165, 1.54) is 6.33 Å². The van der Waals surface area contributed by atoms with Gasteiger partial charge in [-0.1, -0.05) is 20.8 Å². The molecule has 18 heavy (non-hydrogen) atoms. The minimum absolute atomic E-state index is 0.316. The Balaban J connectivity index is 2.64. The van der Waals surface area contributed by atoms with Crippen molar-refractivity contribution in [1.29, 1.82) is 0 Å². The van der Waals surface area contributed by atoms with E-state index in [9.17, 15) is 0 Å². The second-order valence-electron chi connectivity index (χ2n) is 4.56. The fourth-order valence-corrected chi connectivity index (χ4v) is 1.82. The van der Waals surface area contributed by atoms with E-state index in [1.807, 2.05) is 6.07 Å². The van der Waals surface area contributed by atoms with E-state index in [2.05, 4.69) is 36.1 Å². The lowest BCUT2D eigenvalue weighted by Gasteiger charge is -2.22. The molecule has 0 radical (unpaired) electrons. The first-order valence-corrected chi connectivity index (χ1v) is 6.98. The van der Waals surface area contributed by atoms with Gasteiger partial charge in [0.05, 0.1) is 6.61 Å². The molecule has 0 aliphatic carbocycles. The Bertz CT molecular complexity index is 347. The maximum Gasteiger partial charge on any atom is 0.218 e. The fourth-order valence-electron chi connectivity index (χ4n) is 1.58. The number of rotatable bonds is 8. The van der Waals surface area contributed by atoms with Gasteiger partial charge in [0.2, 0.25) is 5.88 Å². The van der Waals surface area contributed by atoms with Gasteiger partial charge in [-0.3, -0.25) is 0 Å². The molecule has 0 spiro atoms. The van der Waals surface area contributed by atoms with Crippen LogP contribution < -0.4 is 10.1 Å². The summed E-state index contributed by atoms with van der Waals surface area (Å²) in [5, 5.41) is 3.38. The largest absolute Gasteiger partial charge is 0.478 e. The van der Waals surface area contributed by atoms with Gasteiger partial charge in [0.1, 0.15) is 12.1 Å². The van der Waals surface area contributed by atoms with Gasteiger partial charge in [0.25, 0.3) is 0 Å². The highest BCUT2D eigenvalue weighted by molar-refractivity contribution is 6.17. The van der Waals surface area contributed by atoms with Crippen LogP contribution >= 0.6 is 11.6 Å². The molecule has 0 fully saturated rings. The third-order valence-corrected chi connectivity index (χ3v) is 2.87. The number of halogens is 1. The summed E-state index contributed by atoms with van der Waals surface area (Å²) in [6, 6.07) is 2.15. The van der Waals surface area contributed by atoms with Crippen LogP contribution in [0.15, 0.2) is 12.4 Å². The average molecular weight is 272 g/mol. The van der Waals surface area contributed by atoms with Crippen LogP contribution in [0, 0.1) is 5.92 Å². The fraction of sp³-hybridized carbons (Fsp3) is 0.692. The van der Waals surface area contributed by atoms with E-state index in [0.717, 1.165) is 18.7 Å². The third-order valence-electron chi connectivity index (χ3n) is 2.65. The van der Waals surface area contributed by atoms with Crippen molar-refractivity contribution in [2.45, 2.75) is 39.7 Å². The second-order valence-corrected chi connectivity index (χ2v) is 4.94. The minimum atomic E-state index is 0.316. The number of nitrogens with one attached hydrogen (secondary N) is 1. The molecule has 1 aromatic heterocycles. The van der Waals surface area contributed by atoms with Crippen LogP contribution in [0.25, 0.3) is 0 Å². The molecule has 0 bridgehead atoms. The maximum absolute atomic E-state index is 5.81. The predicted molar refractivity (Wildman–Crippen MR) is 75.4 cm³/mol. The van der Waals surface area contributed by atoms with Crippen molar-refractivity contribution in [3.8, 4) is 5.88 Å². The van der Waals surface area contributed by atoms with E-state index < -0.39 is 0 Å². The highest BCUT2D eigenvalue weighted by Crippen LogP contribution is 2.16. The molecule has 1 heterocycles. The zero-order valence-corrected chi connectivity index (χ0v) is 12.1. The van der Waals surface area contributed by atoms with Crippen molar-refractivity contribution in [2.75, 3.05) is 17.8 Å². The Morgan fingerprint density at radius 1 is 1.39 bits per heavy atom. The molecule has 1 rings (SSSR count). The SMILES string of the molecule is CCCOc1cc(NC(CCCl)C(C)C)ncn1. The number of hydrogen-bond donors (Lipinski definition) is 1. The second kappa shape index (κ2) is 8.14. The number of nitrogens with zero attached hydrogens (tertiary/aromatic N) is 2. The molecule has 0 amide bonds. The van der Waals surface area contributed by atoms with Gasteiger partial charge < -0.3 is 10.1 Å². The van der Waals surface area contributed by atoms with Crippen LogP contribution in [0.1, 0.15) is 33.6 Å². The molecule has 0 aromatic carbocycles. The molecule has 102 valence electrons. The van der Waals surface area contributed by atoms with Crippen molar-refractivity contribution in [2.24, 2.45) is 5.92 Å². The van der Waals surface area contributed by atoms with E-state index in [1.54, 1.807) is 0 Å². The van der Waals surface area contributed by atoms with Crippen molar-refractivity contribution >= 4 is 17.4 Å². The summed E-state index contributed by atoms with van der Waals surface area (Å²) in [4.78, 5) is 8.28. The lowest BCUT2D eigenvalue weighted by molar-refractivity contribution is 0.305. The van der Waals surface area contributed by atoms with Gasteiger partial charge in [-0.15, -0.1) is 11.6 Å². The lowest BCUT2D eigenvalue weighted by Crippen LogP contribution is -2.26. The van der Waals surface area contributed by atoms with Gasteiger partial charge >= 0.3 is 0 Å². The van der Waals surface area contributed by atoms with Crippen molar-refractivity contribution in [3.63, 3.8) is 0 Å². The smallest absolute Gasteiger partial charge is 0.218 e. The summed E-state index contributed by atoms with van der Waals surface area (Å²) in [7, 11) is 0. The van der Waals surface area contributed by atoms with Gasteiger partial charge in [0.15, 0.2) is 0 Å². The van der Waals surface area contributed by atoms with Gasteiger partial charge in [-0.05, 0) is 18.8 Å². The van der Waals surface area contributed by atoms with Crippen LogP contribution in [-0.4, -0.2) is 28.5 Å². The number of ether oxygens (including phenoxy) is 1. The van der Waals surface area contributed by atoms with Crippen LogP contribution in [0.2, 0.25) is 0 Å². The molecule has 5 heteroatoms. The summed E-state index contributed by atoms with van der Waals surface area (Å²) in [5.74, 6) is 2.54. The Morgan fingerprint density at radius 2 is 2.17 bits per heavy atom. The molecule has 1 aromatic rings. The minimum Gasteiger partial charge on any atom is -0.478 e. The summed E-state index contributed by atoms with van der Waals surface area (Å²) in [6.07, 6.45) is 3.40. The van der Waals surface area contributed by atoms with Crippen molar-refractivity contribution in [1.82, 2.24) is 9.97 Å². The first-order chi connectivity index (χ1) is 8.67. The summed E-state index contributed by atoms with van der Waals surface area (Å²) in [6.45, 7) is 7.07. The van der Waals surface area contributed by atoms with E-state index in [4.69, 9.17) is 16.3 Å². The molecule has 1 N–H and O–H groups in total. The van der Waals surface area contributed by atoms with Crippen molar-refractivity contribution in [3.05, 3.63) is 12.4 Å². The van der Waals surface area contributed by atoms with Crippen LogP contribution in [0.4, 0.5) is 5.82 Å². The summed E-state index contributed by atoms with van der Waals surface area (Å²) < 4.78 is 5.48. The average Bonchev–Trinajstić information content (AvgIpc) is 2.36. The lowest BCUT2D eigenvalue weighted by atomic mass is 10.0. The zero-order chi connectivity index (χ0) is 13.4. The number of anilines is 1. The summed E-state index contributed by atoms with van der Waals surface area (Å²) in [5.41, 5.74) is 0. The van der Waals surface area contributed by atoms with Crippen LogP contribution in [0.5, 0.6) is 5.88 Å². The Kier molecular flexibility index (Phi) is 6.80. The molecule has 0 aliphatic rings. The molecule has 0 aliphatic heterocycles. The monoisotopic (exact) mass is 271 g/mol. The first kappa shape index (κ1) is 15.0. The third kappa shape index (κ3) is 5.08. The predicted octanol–water partition coefficient (Wildman–Crippen LogP) is 3.33.